The van der Waals surface area contributed by atoms with E-state index in [1.165, 1.54) is 43.6 Å². The van der Waals surface area contributed by atoms with Gasteiger partial charge in [0, 0.05) is 24.8 Å². The van der Waals surface area contributed by atoms with Crippen molar-refractivity contribution in [3.05, 3.63) is 29.8 Å². The molecule has 1 saturated heterocycles. The van der Waals surface area contributed by atoms with Gasteiger partial charge in [0.05, 0.1) is 0 Å². The number of piperidine rings is 1. The van der Waals surface area contributed by atoms with Crippen molar-refractivity contribution in [2.24, 2.45) is 11.7 Å². The lowest BCUT2D eigenvalue weighted by Crippen LogP contribution is -2.35. The van der Waals surface area contributed by atoms with Crippen LogP contribution in [0, 0.1) is 5.92 Å². The van der Waals surface area contributed by atoms with Gasteiger partial charge in [0.2, 0.25) is 0 Å². The maximum absolute atomic E-state index is 6.05. The largest absolute Gasteiger partial charge is 0.371 e. The molecule has 1 unspecified atom stereocenters. The maximum Gasteiger partial charge on any atom is 0.0366 e. The summed E-state index contributed by atoms with van der Waals surface area (Å²) in [7, 11) is 0. The molecule has 2 rings (SSSR count). The molecule has 0 amide bonds. The molecule has 2 N–H and O–H groups in total. The average molecular weight is 246 g/mol. The van der Waals surface area contributed by atoms with Gasteiger partial charge in [-0.2, -0.15) is 0 Å². The zero-order valence-corrected chi connectivity index (χ0v) is 11.7. The number of benzene rings is 1. The lowest BCUT2D eigenvalue weighted by atomic mass is 9.95. The van der Waals surface area contributed by atoms with Crippen LogP contribution in [0.5, 0.6) is 0 Å². The van der Waals surface area contributed by atoms with E-state index >= 15 is 0 Å². The highest BCUT2D eigenvalue weighted by atomic mass is 15.1. The van der Waals surface area contributed by atoms with Crippen LogP contribution >= 0.6 is 0 Å². The first kappa shape index (κ1) is 13.4. The molecule has 0 radical (unpaired) electrons. The standard InChI is InChI=1S/C16H26N2/c1-3-13-6-5-11-18(12-13)15-9-7-14(8-10-15)16(17)4-2/h7-10,13,16H,3-6,11-12,17H2,1-2H3/t13?,16-/m1/s1. The Bertz CT molecular complexity index is 358. The van der Waals surface area contributed by atoms with Gasteiger partial charge < -0.3 is 10.6 Å². The molecule has 0 aromatic heterocycles. The Hall–Kier alpha value is -1.02. The molecule has 2 heteroatoms. The third kappa shape index (κ3) is 3.05. The fourth-order valence-electron chi connectivity index (χ4n) is 2.80. The topological polar surface area (TPSA) is 29.3 Å². The number of nitrogens with zero attached hydrogens (tertiary/aromatic N) is 1. The molecule has 1 heterocycles. The minimum absolute atomic E-state index is 0.184. The van der Waals surface area contributed by atoms with Crippen LogP contribution in [0.25, 0.3) is 0 Å². The van der Waals surface area contributed by atoms with Gasteiger partial charge in [0.1, 0.15) is 0 Å². The first-order valence-electron chi connectivity index (χ1n) is 7.35. The van der Waals surface area contributed by atoms with Crippen LogP contribution in [0.15, 0.2) is 24.3 Å². The zero-order chi connectivity index (χ0) is 13.0. The minimum Gasteiger partial charge on any atom is -0.371 e. The minimum atomic E-state index is 0.184. The molecule has 1 fully saturated rings. The van der Waals surface area contributed by atoms with Crippen LogP contribution in [0.3, 0.4) is 0 Å². The predicted octanol–water partition coefficient (Wildman–Crippen LogP) is 3.72. The monoisotopic (exact) mass is 246 g/mol. The first-order chi connectivity index (χ1) is 8.74. The van der Waals surface area contributed by atoms with E-state index in [0.717, 1.165) is 12.3 Å². The second kappa shape index (κ2) is 6.24. The van der Waals surface area contributed by atoms with Crippen molar-refractivity contribution in [1.29, 1.82) is 0 Å². The molecule has 0 saturated carbocycles. The van der Waals surface area contributed by atoms with Gasteiger partial charge in [0.25, 0.3) is 0 Å². The van der Waals surface area contributed by atoms with Gasteiger partial charge in [0.15, 0.2) is 0 Å². The highest BCUT2D eigenvalue weighted by molar-refractivity contribution is 5.48. The summed E-state index contributed by atoms with van der Waals surface area (Å²) in [5.74, 6) is 0.872. The van der Waals surface area contributed by atoms with Gasteiger partial charge in [-0.05, 0) is 42.9 Å². The normalized spacial score (nSPS) is 21.9. The van der Waals surface area contributed by atoms with E-state index in [1.54, 1.807) is 0 Å². The average Bonchev–Trinajstić information content (AvgIpc) is 2.46. The van der Waals surface area contributed by atoms with E-state index in [2.05, 4.69) is 43.0 Å². The van der Waals surface area contributed by atoms with Crippen molar-refractivity contribution in [2.45, 2.75) is 45.6 Å². The third-order valence-electron chi connectivity index (χ3n) is 4.22. The Labute approximate surface area is 111 Å². The Balaban J connectivity index is 2.04. The molecule has 100 valence electrons. The number of rotatable bonds is 4. The lowest BCUT2D eigenvalue weighted by Gasteiger charge is -2.34. The molecule has 18 heavy (non-hydrogen) atoms. The number of hydrogen-bond acceptors (Lipinski definition) is 2. The van der Waals surface area contributed by atoms with Gasteiger partial charge in [-0.1, -0.05) is 32.4 Å². The van der Waals surface area contributed by atoms with Crippen molar-refractivity contribution in [1.82, 2.24) is 0 Å². The van der Waals surface area contributed by atoms with Crippen molar-refractivity contribution in [3.8, 4) is 0 Å². The van der Waals surface area contributed by atoms with E-state index in [9.17, 15) is 0 Å². The SMILES string of the molecule is CCC1CCCN(c2ccc([C@H](N)CC)cc2)C1. The molecule has 0 bridgehead atoms. The summed E-state index contributed by atoms with van der Waals surface area (Å²) in [6.45, 7) is 6.86. The fourth-order valence-corrected chi connectivity index (χ4v) is 2.80. The molecule has 1 aliphatic heterocycles. The summed E-state index contributed by atoms with van der Waals surface area (Å²) in [6, 6.07) is 9.05. The number of hydrogen-bond donors (Lipinski definition) is 1. The molecular formula is C16H26N2. The maximum atomic E-state index is 6.05. The van der Waals surface area contributed by atoms with Gasteiger partial charge in [-0.15, -0.1) is 0 Å². The highest BCUT2D eigenvalue weighted by Gasteiger charge is 2.18. The number of anilines is 1. The zero-order valence-electron chi connectivity index (χ0n) is 11.7. The third-order valence-corrected chi connectivity index (χ3v) is 4.22. The van der Waals surface area contributed by atoms with E-state index < -0.39 is 0 Å². The molecule has 0 aliphatic carbocycles. The van der Waals surface area contributed by atoms with Crippen molar-refractivity contribution < 1.29 is 0 Å². The summed E-state index contributed by atoms with van der Waals surface area (Å²) < 4.78 is 0. The van der Waals surface area contributed by atoms with Crippen LogP contribution in [0.1, 0.15) is 51.1 Å². The van der Waals surface area contributed by atoms with E-state index in [-0.39, 0.29) is 6.04 Å². The van der Waals surface area contributed by atoms with Crippen LogP contribution in [0.4, 0.5) is 5.69 Å². The molecule has 2 atom stereocenters. The Morgan fingerprint density at radius 2 is 2.00 bits per heavy atom. The Morgan fingerprint density at radius 3 is 2.61 bits per heavy atom. The summed E-state index contributed by atoms with van der Waals surface area (Å²) in [6.07, 6.45) is 5.02. The van der Waals surface area contributed by atoms with Gasteiger partial charge >= 0.3 is 0 Å². The quantitative estimate of drug-likeness (QED) is 0.877. The summed E-state index contributed by atoms with van der Waals surface area (Å²) in [5, 5.41) is 0. The fraction of sp³-hybridized carbons (Fsp3) is 0.625. The van der Waals surface area contributed by atoms with Crippen LogP contribution in [0.2, 0.25) is 0 Å². The van der Waals surface area contributed by atoms with E-state index in [4.69, 9.17) is 5.73 Å². The van der Waals surface area contributed by atoms with Crippen molar-refractivity contribution in [3.63, 3.8) is 0 Å². The summed E-state index contributed by atoms with van der Waals surface area (Å²) >= 11 is 0. The molecule has 2 nitrogen and oxygen atoms in total. The smallest absolute Gasteiger partial charge is 0.0366 e. The second-order valence-electron chi connectivity index (χ2n) is 5.47. The first-order valence-corrected chi connectivity index (χ1v) is 7.35. The van der Waals surface area contributed by atoms with Crippen LogP contribution < -0.4 is 10.6 Å². The second-order valence-corrected chi connectivity index (χ2v) is 5.47. The van der Waals surface area contributed by atoms with Gasteiger partial charge in [-0.25, -0.2) is 0 Å². The van der Waals surface area contributed by atoms with E-state index in [0.29, 0.717) is 0 Å². The van der Waals surface area contributed by atoms with Crippen molar-refractivity contribution in [2.75, 3.05) is 18.0 Å². The lowest BCUT2D eigenvalue weighted by molar-refractivity contribution is 0.404. The van der Waals surface area contributed by atoms with Gasteiger partial charge in [-0.3, -0.25) is 0 Å². The molecular weight excluding hydrogens is 220 g/mol. The number of nitrogens with two attached hydrogens (primary N) is 1. The molecule has 1 aromatic rings. The molecule has 1 aliphatic rings. The van der Waals surface area contributed by atoms with Crippen molar-refractivity contribution >= 4 is 5.69 Å². The Kier molecular flexibility index (Phi) is 4.65. The van der Waals surface area contributed by atoms with Crippen LogP contribution in [-0.2, 0) is 0 Å². The molecule has 1 aromatic carbocycles. The Morgan fingerprint density at radius 1 is 1.28 bits per heavy atom. The predicted molar refractivity (Wildman–Crippen MR) is 78.9 cm³/mol. The van der Waals surface area contributed by atoms with E-state index in [1.807, 2.05) is 0 Å². The molecule has 0 spiro atoms. The van der Waals surface area contributed by atoms with Crippen LogP contribution in [-0.4, -0.2) is 13.1 Å². The summed E-state index contributed by atoms with van der Waals surface area (Å²) in [4.78, 5) is 2.53. The highest BCUT2D eigenvalue weighted by Crippen LogP contribution is 2.26. The summed E-state index contributed by atoms with van der Waals surface area (Å²) in [5.41, 5.74) is 8.67.